The van der Waals surface area contributed by atoms with Gasteiger partial charge in [-0.25, -0.2) is 0 Å². The van der Waals surface area contributed by atoms with E-state index in [1.165, 1.54) is 0 Å². The smallest absolute Gasteiger partial charge is 0.103 e. The minimum Gasteiger partial charge on any atom is -0.389 e. The fraction of sp³-hybridized carbons (Fsp3) is 0.133. The molecular formula is C15H15ClN2S. The normalized spacial score (nSPS) is 10.2. The zero-order valence-electron chi connectivity index (χ0n) is 10.6. The Kier molecular flexibility index (Phi) is 4.40. The molecule has 0 aliphatic carbocycles. The van der Waals surface area contributed by atoms with Crippen molar-refractivity contribution in [3.05, 3.63) is 64.2 Å². The van der Waals surface area contributed by atoms with E-state index in [9.17, 15) is 0 Å². The molecule has 2 nitrogen and oxygen atoms in total. The van der Waals surface area contributed by atoms with Crippen LogP contribution in [0, 0.1) is 6.92 Å². The van der Waals surface area contributed by atoms with E-state index < -0.39 is 0 Å². The predicted molar refractivity (Wildman–Crippen MR) is 85.8 cm³/mol. The van der Waals surface area contributed by atoms with Gasteiger partial charge in [-0.3, -0.25) is 0 Å². The number of halogens is 1. The fourth-order valence-corrected chi connectivity index (χ4v) is 2.18. The molecule has 0 saturated heterocycles. The number of hydrogen-bond acceptors (Lipinski definition) is 2. The van der Waals surface area contributed by atoms with Gasteiger partial charge in [0.05, 0.1) is 0 Å². The Balaban J connectivity index is 2.12. The van der Waals surface area contributed by atoms with Gasteiger partial charge in [-0.1, -0.05) is 42.0 Å². The molecule has 0 unspecified atom stereocenters. The number of aryl methyl sites for hydroxylation is 1. The number of hydrogen-bond donors (Lipinski definition) is 2. The highest BCUT2D eigenvalue weighted by atomic mass is 35.5. The molecule has 0 fully saturated rings. The molecule has 0 aromatic heterocycles. The number of anilines is 1. The SMILES string of the molecule is Cc1cc(C(N)=S)ccc1NCc1ccccc1Cl. The van der Waals surface area contributed by atoms with Crippen molar-refractivity contribution in [2.75, 3.05) is 5.32 Å². The maximum absolute atomic E-state index is 6.12. The first-order chi connectivity index (χ1) is 9.08. The van der Waals surface area contributed by atoms with Crippen molar-refractivity contribution in [1.82, 2.24) is 0 Å². The van der Waals surface area contributed by atoms with Crippen LogP contribution in [0.4, 0.5) is 5.69 Å². The van der Waals surface area contributed by atoms with Gasteiger partial charge in [0.2, 0.25) is 0 Å². The Labute approximate surface area is 123 Å². The Morgan fingerprint density at radius 2 is 2.00 bits per heavy atom. The summed E-state index contributed by atoms with van der Waals surface area (Å²) in [5.41, 5.74) is 9.73. The highest BCUT2D eigenvalue weighted by molar-refractivity contribution is 7.80. The Morgan fingerprint density at radius 3 is 2.63 bits per heavy atom. The Morgan fingerprint density at radius 1 is 1.26 bits per heavy atom. The quantitative estimate of drug-likeness (QED) is 0.839. The molecule has 0 aliphatic rings. The molecule has 19 heavy (non-hydrogen) atoms. The molecular weight excluding hydrogens is 276 g/mol. The van der Waals surface area contributed by atoms with Crippen molar-refractivity contribution >= 4 is 34.5 Å². The zero-order valence-corrected chi connectivity index (χ0v) is 12.2. The van der Waals surface area contributed by atoms with Crippen LogP contribution in [0.5, 0.6) is 0 Å². The van der Waals surface area contributed by atoms with Crippen LogP contribution in [-0.4, -0.2) is 4.99 Å². The van der Waals surface area contributed by atoms with Crippen LogP contribution < -0.4 is 11.1 Å². The summed E-state index contributed by atoms with van der Waals surface area (Å²) in [5, 5.41) is 4.14. The van der Waals surface area contributed by atoms with Crippen molar-refractivity contribution in [2.24, 2.45) is 5.73 Å². The van der Waals surface area contributed by atoms with Crippen LogP contribution in [0.1, 0.15) is 16.7 Å². The van der Waals surface area contributed by atoms with Gasteiger partial charge in [0, 0.05) is 22.8 Å². The second-order valence-corrected chi connectivity index (χ2v) is 5.19. The summed E-state index contributed by atoms with van der Waals surface area (Å²) < 4.78 is 0. The lowest BCUT2D eigenvalue weighted by atomic mass is 10.1. The molecule has 2 aromatic carbocycles. The van der Waals surface area contributed by atoms with Crippen molar-refractivity contribution in [3.63, 3.8) is 0 Å². The minimum absolute atomic E-state index is 0.417. The van der Waals surface area contributed by atoms with Crippen LogP contribution in [0.2, 0.25) is 5.02 Å². The lowest BCUT2D eigenvalue weighted by molar-refractivity contribution is 1.14. The number of nitrogens with one attached hydrogen (secondary N) is 1. The van der Waals surface area contributed by atoms with Crippen molar-refractivity contribution in [2.45, 2.75) is 13.5 Å². The van der Waals surface area contributed by atoms with Crippen LogP contribution in [0.3, 0.4) is 0 Å². The lowest BCUT2D eigenvalue weighted by Gasteiger charge is -2.11. The predicted octanol–water partition coefficient (Wildman–Crippen LogP) is 3.89. The minimum atomic E-state index is 0.417. The van der Waals surface area contributed by atoms with Gasteiger partial charge in [-0.15, -0.1) is 0 Å². The molecule has 0 aliphatic heterocycles. The summed E-state index contributed by atoms with van der Waals surface area (Å²) >= 11 is 11.1. The molecule has 0 radical (unpaired) electrons. The van der Waals surface area contributed by atoms with E-state index >= 15 is 0 Å². The molecule has 0 saturated carbocycles. The molecule has 0 atom stereocenters. The standard InChI is InChI=1S/C15H15ClN2S/c1-10-8-11(15(17)19)6-7-14(10)18-9-12-4-2-3-5-13(12)16/h2-8,18H,9H2,1H3,(H2,17,19). The van der Waals surface area contributed by atoms with Crippen molar-refractivity contribution in [1.29, 1.82) is 0 Å². The number of nitrogens with two attached hydrogens (primary N) is 1. The van der Waals surface area contributed by atoms with Gasteiger partial charge in [-0.2, -0.15) is 0 Å². The maximum Gasteiger partial charge on any atom is 0.103 e. The summed E-state index contributed by atoms with van der Waals surface area (Å²) in [5.74, 6) is 0. The van der Waals surface area contributed by atoms with Crippen LogP contribution in [0.15, 0.2) is 42.5 Å². The van der Waals surface area contributed by atoms with Crippen molar-refractivity contribution < 1.29 is 0 Å². The van der Waals surface area contributed by atoms with Crippen LogP contribution in [-0.2, 0) is 6.54 Å². The molecule has 2 aromatic rings. The molecule has 0 heterocycles. The summed E-state index contributed by atoms with van der Waals surface area (Å²) in [7, 11) is 0. The molecule has 2 rings (SSSR count). The molecule has 3 N–H and O–H groups in total. The van der Waals surface area contributed by atoms with Gasteiger partial charge in [0.1, 0.15) is 4.99 Å². The summed E-state index contributed by atoms with van der Waals surface area (Å²) in [6.45, 7) is 2.71. The van der Waals surface area contributed by atoms with Gasteiger partial charge in [0.25, 0.3) is 0 Å². The van der Waals surface area contributed by atoms with Crippen LogP contribution >= 0.6 is 23.8 Å². The first kappa shape index (κ1) is 13.8. The van der Waals surface area contributed by atoms with Crippen molar-refractivity contribution in [3.8, 4) is 0 Å². The second kappa shape index (κ2) is 6.04. The van der Waals surface area contributed by atoms with E-state index in [0.717, 1.165) is 27.4 Å². The maximum atomic E-state index is 6.12. The third-order valence-corrected chi connectivity index (χ3v) is 3.54. The van der Waals surface area contributed by atoms with E-state index in [4.69, 9.17) is 29.6 Å². The summed E-state index contributed by atoms with van der Waals surface area (Å²) in [6.07, 6.45) is 0. The lowest BCUT2D eigenvalue weighted by Crippen LogP contribution is -2.10. The summed E-state index contributed by atoms with van der Waals surface area (Å²) in [4.78, 5) is 0.417. The highest BCUT2D eigenvalue weighted by Gasteiger charge is 2.03. The second-order valence-electron chi connectivity index (χ2n) is 4.34. The molecule has 0 amide bonds. The number of rotatable bonds is 4. The van der Waals surface area contributed by atoms with E-state index in [-0.39, 0.29) is 0 Å². The third kappa shape index (κ3) is 3.46. The first-order valence-electron chi connectivity index (χ1n) is 5.95. The number of benzene rings is 2. The average Bonchev–Trinajstić information content (AvgIpc) is 2.39. The van der Waals surface area contributed by atoms with Gasteiger partial charge >= 0.3 is 0 Å². The topological polar surface area (TPSA) is 38.0 Å². The van der Waals surface area contributed by atoms with E-state index in [1.807, 2.05) is 49.4 Å². The largest absolute Gasteiger partial charge is 0.389 e. The average molecular weight is 291 g/mol. The van der Waals surface area contributed by atoms with Gasteiger partial charge in [-0.05, 0) is 42.3 Å². The molecule has 4 heteroatoms. The van der Waals surface area contributed by atoms with Crippen LogP contribution in [0.25, 0.3) is 0 Å². The highest BCUT2D eigenvalue weighted by Crippen LogP contribution is 2.20. The number of thiocarbonyl (C=S) groups is 1. The molecule has 0 spiro atoms. The summed E-state index contributed by atoms with van der Waals surface area (Å²) in [6, 6.07) is 13.7. The van der Waals surface area contributed by atoms with E-state index in [0.29, 0.717) is 11.5 Å². The zero-order chi connectivity index (χ0) is 13.8. The van der Waals surface area contributed by atoms with Gasteiger partial charge < -0.3 is 11.1 Å². The Hall–Kier alpha value is -1.58. The Bertz CT molecular complexity index is 611. The molecule has 0 bridgehead atoms. The van der Waals surface area contributed by atoms with Gasteiger partial charge in [0.15, 0.2) is 0 Å². The monoisotopic (exact) mass is 290 g/mol. The fourth-order valence-electron chi connectivity index (χ4n) is 1.85. The van der Waals surface area contributed by atoms with E-state index in [2.05, 4.69) is 5.32 Å². The third-order valence-electron chi connectivity index (χ3n) is 2.94. The van der Waals surface area contributed by atoms with E-state index in [1.54, 1.807) is 0 Å². The first-order valence-corrected chi connectivity index (χ1v) is 6.74. The molecule has 98 valence electrons.